The normalized spacial score (nSPS) is 10.0. The van der Waals surface area contributed by atoms with Crippen molar-refractivity contribution >= 4 is 16.7 Å². The standard InChI is InChI=1S/C10H12N4O2S/c1-15-8-4-3-7(9(5-8)16-2)6-11-10-12-13-14-17-10/h3-5H,6H2,1-2H3,(H,11,12,14). The van der Waals surface area contributed by atoms with Crippen LogP contribution in [0.25, 0.3) is 0 Å². The molecule has 7 heteroatoms. The lowest BCUT2D eigenvalue weighted by molar-refractivity contribution is 0.391. The third-order valence-corrected chi connectivity index (χ3v) is 2.78. The summed E-state index contributed by atoms with van der Waals surface area (Å²) in [7, 11) is 3.25. The summed E-state index contributed by atoms with van der Waals surface area (Å²) in [5.74, 6) is 1.54. The monoisotopic (exact) mass is 252 g/mol. The van der Waals surface area contributed by atoms with E-state index in [1.807, 2.05) is 18.2 Å². The molecule has 17 heavy (non-hydrogen) atoms. The number of ether oxygens (including phenoxy) is 2. The molecule has 1 N–H and O–H groups in total. The molecule has 0 saturated heterocycles. The summed E-state index contributed by atoms with van der Waals surface area (Å²) in [5, 5.41) is 11.1. The maximum Gasteiger partial charge on any atom is 0.225 e. The maximum absolute atomic E-state index is 5.29. The molecule has 0 aliphatic heterocycles. The van der Waals surface area contributed by atoms with E-state index in [1.54, 1.807) is 14.2 Å². The number of nitrogens with zero attached hydrogens (tertiary/aromatic N) is 3. The van der Waals surface area contributed by atoms with Gasteiger partial charge in [-0.3, -0.25) is 0 Å². The summed E-state index contributed by atoms with van der Waals surface area (Å²) in [5.41, 5.74) is 1.02. The molecular formula is C10H12N4O2S. The minimum Gasteiger partial charge on any atom is -0.497 e. The van der Waals surface area contributed by atoms with Gasteiger partial charge >= 0.3 is 0 Å². The van der Waals surface area contributed by atoms with E-state index in [9.17, 15) is 0 Å². The number of rotatable bonds is 5. The maximum atomic E-state index is 5.29. The van der Waals surface area contributed by atoms with Gasteiger partial charge in [0.05, 0.1) is 14.2 Å². The van der Waals surface area contributed by atoms with E-state index in [0.29, 0.717) is 11.7 Å². The lowest BCUT2D eigenvalue weighted by Gasteiger charge is -2.10. The van der Waals surface area contributed by atoms with Crippen LogP contribution in [0.3, 0.4) is 0 Å². The number of hydrogen-bond acceptors (Lipinski definition) is 7. The SMILES string of the molecule is COc1ccc(CNc2nnns2)c(OC)c1. The molecule has 0 bridgehead atoms. The summed E-state index contributed by atoms with van der Waals surface area (Å²) in [6.45, 7) is 0.601. The molecule has 0 radical (unpaired) electrons. The fourth-order valence-corrected chi connectivity index (χ4v) is 1.73. The van der Waals surface area contributed by atoms with Crippen molar-refractivity contribution in [3.63, 3.8) is 0 Å². The first-order chi connectivity index (χ1) is 8.33. The zero-order valence-electron chi connectivity index (χ0n) is 9.51. The van der Waals surface area contributed by atoms with Crippen LogP contribution in [0.5, 0.6) is 11.5 Å². The fourth-order valence-electron chi connectivity index (χ4n) is 1.37. The highest BCUT2D eigenvalue weighted by atomic mass is 32.1. The zero-order chi connectivity index (χ0) is 12.1. The molecule has 0 atom stereocenters. The van der Waals surface area contributed by atoms with Gasteiger partial charge in [-0.2, -0.15) is 0 Å². The zero-order valence-corrected chi connectivity index (χ0v) is 10.3. The quantitative estimate of drug-likeness (QED) is 0.871. The van der Waals surface area contributed by atoms with Gasteiger partial charge in [-0.15, -0.1) is 0 Å². The van der Waals surface area contributed by atoms with Gasteiger partial charge in [-0.05, 0) is 17.3 Å². The molecule has 0 amide bonds. The van der Waals surface area contributed by atoms with Gasteiger partial charge in [0.15, 0.2) is 0 Å². The van der Waals surface area contributed by atoms with Crippen LogP contribution < -0.4 is 14.8 Å². The Kier molecular flexibility index (Phi) is 3.71. The first-order valence-electron chi connectivity index (χ1n) is 4.93. The Morgan fingerprint density at radius 1 is 1.29 bits per heavy atom. The number of anilines is 1. The van der Waals surface area contributed by atoms with Gasteiger partial charge in [0.25, 0.3) is 0 Å². The minimum atomic E-state index is 0.601. The average Bonchev–Trinajstić information content (AvgIpc) is 2.89. The van der Waals surface area contributed by atoms with Crippen LogP contribution in [0.4, 0.5) is 5.13 Å². The Hall–Kier alpha value is -1.89. The van der Waals surface area contributed by atoms with Crippen LogP contribution in [-0.4, -0.2) is 29.0 Å². The summed E-state index contributed by atoms with van der Waals surface area (Å²) in [6, 6.07) is 5.67. The molecule has 0 aliphatic rings. The van der Waals surface area contributed by atoms with Crippen LogP contribution in [0.1, 0.15) is 5.56 Å². The second kappa shape index (κ2) is 5.44. The van der Waals surface area contributed by atoms with Gasteiger partial charge in [0.2, 0.25) is 5.13 Å². The van der Waals surface area contributed by atoms with Crippen LogP contribution >= 0.6 is 11.5 Å². The van der Waals surface area contributed by atoms with Gasteiger partial charge in [-0.1, -0.05) is 9.59 Å². The Balaban J connectivity index is 2.09. The first kappa shape index (κ1) is 11.6. The molecule has 0 spiro atoms. The predicted octanol–water partition coefficient (Wildman–Crippen LogP) is 1.56. The summed E-state index contributed by atoms with van der Waals surface area (Å²) in [6.07, 6.45) is 0. The average molecular weight is 252 g/mol. The van der Waals surface area contributed by atoms with Crippen molar-refractivity contribution < 1.29 is 9.47 Å². The van der Waals surface area contributed by atoms with Crippen molar-refractivity contribution in [3.8, 4) is 11.5 Å². The van der Waals surface area contributed by atoms with E-state index < -0.39 is 0 Å². The molecule has 0 saturated carbocycles. The number of benzene rings is 1. The lowest BCUT2D eigenvalue weighted by Crippen LogP contribution is -2.01. The third kappa shape index (κ3) is 2.82. The molecule has 90 valence electrons. The van der Waals surface area contributed by atoms with Crippen molar-refractivity contribution in [3.05, 3.63) is 23.8 Å². The molecule has 1 aromatic carbocycles. The van der Waals surface area contributed by atoms with Crippen LogP contribution in [0.2, 0.25) is 0 Å². The smallest absolute Gasteiger partial charge is 0.225 e. The second-order valence-electron chi connectivity index (χ2n) is 3.20. The highest BCUT2D eigenvalue weighted by molar-refractivity contribution is 7.09. The largest absolute Gasteiger partial charge is 0.497 e. The molecule has 1 aromatic heterocycles. The fraction of sp³-hybridized carbons (Fsp3) is 0.300. The van der Waals surface area contributed by atoms with E-state index in [0.717, 1.165) is 17.1 Å². The Bertz CT molecular complexity index is 475. The first-order valence-corrected chi connectivity index (χ1v) is 5.70. The molecule has 6 nitrogen and oxygen atoms in total. The van der Waals surface area contributed by atoms with Gasteiger partial charge in [-0.25, -0.2) is 0 Å². The van der Waals surface area contributed by atoms with Gasteiger partial charge in [0, 0.05) is 29.7 Å². The van der Waals surface area contributed by atoms with E-state index in [1.165, 1.54) is 11.5 Å². The summed E-state index contributed by atoms with van der Waals surface area (Å²) < 4.78 is 14.1. The van der Waals surface area contributed by atoms with Crippen molar-refractivity contribution in [2.75, 3.05) is 19.5 Å². The van der Waals surface area contributed by atoms with Crippen molar-refractivity contribution in [1.29, 1.82) is 0 Å². The third-order valence-electron chi connectivity index (χ3n) is 2.22. The molecule has 0 fully saturated rings. The topological polar surface area (TPSA) is 69.2 Å². The second-order valence-corrected chi connectivity index (χ2v) is 3.93. The Labute approximate surface area is 103 Å². The molecule has 2 rings (SSSR count). The number of nitrogens with one attached hydrogen (secondary N) is 1. The van der Waals surface area contributed by atoms with Crippen LogP contribution in [-0.2, 0) is 6.54 Å². The van der Waals surface area contributed by atoms with Crippen LogP contribution in [0.15, 0.2) is 18.2 Å². The highest BCUT2D eigenvalue weighted by Gasteiger charge is 2.05. The number of hydrogen-bond donors (Lipinski definition) is 1. The summed E-state index contributed by atoms with van der Waals surface area (Å²) in [4.78, 5) is 0. The number of aromatic nitrogens is 3. The minimum absolute atomic E-state index is 0.601. The molecule has 0 unspecified atom stereocenters. The molecule has 2 aromatic rings. The summed E-state index contributed by atoms with van der Waals surface area (Å²) >= 11 is 1.21. The molecule has 1 heterocycles. The Morgan fingerprint density at radius 3 is 2.82 bits per heavy atom. The Morgan fingerprint density at radius 2 is 2.18 bits per heavy atom. The van der Waals surface area contributed by atoms with E-state index in [-0.39, 0.29) is 0 Å². The van der Waals surface area contributed by atoms with Crippen molar-refractivity contribution in [2.45, 2.75) is 6.54 Å². The van der Waals surface area contributed by atoms with Crippen molar-refractivity contribution in [2.24, 2.45) is 0 Å². The van der Waals surface area contributed by atoms with E-state index >= 15 is 0 Å². The predicted molar refractivity (Wildman–Crippen MR) is 64.6 cm³/mol. The molecule has 0 aliphatic carbocycles. The van der Waals surface area contributed by atoms with E-state index in [2.05, 4.69) is 20.1 Å². The van der Waals surface area contributed by atoms with Crippen molar-refractivity contribution in [1.82, 2.24) is 14.8 Å². The van der Waals surface area contributed by atoms with E-state index in [4.69, 9.17) is 9.47 Å². The highest BCUT2D eigenvalue weighted by Crippen LogP contribution is 2.25. The lowest BCUT2D eigenvalue weighted by atomic mass is 10.2. The number of methoxy groups -OCH3 is 2. The molecular weight excluding hydrogens is 240 g/mol. The van der Waals surface area contributed by atoms with Gasteiger partial charge < -0.3 is 14.8 Å². The van der Waals surface area contributed by atoms with Crippen LogP contribution in [0, 0.1) is 0 Å². The van der Waals surface area contributed by atoms with Gasteiger partial charge in [0.1, 0.15) is 11.5 Å².